The smallest absolute Gasteiger partial charge is 0.157 e. The molecule has 0 aromatic carbocycles. The van der Waals surface area contributed by atoms with E-state index in [0.717, 1.165) is 38.6 Å². The number of rotatable bonds is 8. The molecular weight excluding hydrogens is 228 g/mol. The third kappa shape index (κ3) is 5.25. The number of ether oxygens (including phenoxy) is 3. The van der Waals surface area contributed by atoms with E-state index < -0.39 is 0 Å². The van der Waals surface area contributed by atoms with Gasteiger partial charge in [0.05, 0.1) is 6.10 Å². The minimum absolute atomic E-state index is 0.0754. The molecule has 3 heteroatoms. The lowest BCUT2D eigenvalue weighted by Crippen LogP contribution is -2.29. The van der Waals surface area contributed by atoms with Crippen LogP contribution in [0.15, 0.2) is 0 Å². The maximum absolute atomic E-state index is 5.78. The zero-order valence-corrected chi connectivity index (χ0v) is 11.7. The first-order valence-electron chi connectivity index (χ1n) is 7.69. The standard InChI is InChI=1S/C15H28O3/c1-13-11-14(12-13)16-8-4-2-5-9-17-15-7-3-6-10-18-15/h13-15H,2-12H2,1H3/t13-,14-,15?. The van der Waals surface area contributed by atoms with Gasteiger partial charge >= 0.3 is 0 Å². The van der Waals surface area contributed by atoms with Crippen molar-refractivity contribution in [3.63, 3.8) is 0 Å². The van der Waals surface area contributed by atoms with Gasteiger partial charge in [0, 0.05) is 19.8 Å². The van der Waals surface area contributed by atoms with Crippen LogP contribution in [0.2, 0.25) is 0 Å². The predicted octanol–water partition coefficient (Wildman–Crippen LogP) is 3.52. The molecular formula is C15H28O3. The highest BCUT2D eigenvalue weighted by molar-refractivity contribution is 4.76. The molecule has 1 atom stereocenters. The highest BCUT2D eigenvalue weighted by Gasteiger charge is 2.25. The Labute approximate surface area is 111 Å². The van der Waals surface area contributed by atoms with Gasteiger partial charge in [0.1, 0.15) is 0 Å². The Morgan fingerprint density at radius 2 is 1.78 bits per heavy atom. The van der Waals surface area contributed by atoms with Crippen molar-refractivity contribution in [2.75, 3.05) is 19.8 Å². The summed E-state index contributed by atoms with van der Waals surface area (Å²) in [5.41, 5.74) is 0. The second kappa shape index (κ2) is 8.13. The molecule has 2 aliphatic rings. The normalized spacial score (nSPS) is 32.2. The van der Waals surface area contributed by atoms with Crippen molar-refractivity contribution < 1.29 is 14.2 Å². The van der Waals surface area contributed by atoms with E-state index in [9.17, 15) is 0 Å². The summed E-state index contributed by atoms with van der Waals surface area (Å²) in [7, 11) is 0. The lowest BCUT2D eigenvalue weighted by molar-refractivity contribution is -0.162. The zero-order valence-electron chi connectivity index (χ0n) is 11.7. The van der Waals surface area contributed by atoms with Gasteiger partial charge in [-0.1, -0.05) is 6.92 Å². The Bertz CT molecular complexity index is 208. The molecule has 0 aromatic heterocycles. The van der Waals surface area contributed by atoms with Crippen LogP contribution < -0.4 is 0 Å². The van der Waals surface area contributed by atoms with E-state index in [1.807, 2.05) is 0 Å². The van der Waals surface area contributed by atoms with Gasteiger partial charge in [0.2, 0.25) is 0 Å². The topological polar surface area (TPSA) is 27.7 Å². The molecule has 2 fully saturated rings. The first-order chi connectivity index (χ1) is 8.84. The molecule has 1 saturated heterocycles. The fourth-order valence-corrected chi connectivity index (χ4v) is 2.65. The molecule has 1 heterocycles. The first-order valence-corrected chi connectivity index (χ1v) is 7.69. The largest absolute Gasteiger partial charge is 0.378 e. The van der Waals surface area contributed by atoms with Crippen molar-refractivity contribution in [1.82, 2.24) is 0 Å². The summed E-state index contributed by atoms with van der Waals surface area (Å²) in [4.78, 5) is 0. The predicted molar refractivity (Wildman–Crippen MR) is 71.5 cm³/mol. The van der Waals surface area contributed by atoms with Crippen LogP contribution in [0.3, 0.4) is 0 Å². The average molecular weight is 256 g/mol. The fourth-order valence-electron chi connectivity index (χ4n) is 2.65. The van der Waals surface area contributed by atoms with Gasteiger partial charge in [-0.15, -0.1) is 0 Å². The molecule has 1 unspecified atom stereocenters. The summed E-state index contributed by atoms with van der Waals surface area (Å²) in [6.07, 6.45) is 10.2. The van der Waals surface area contributed by atoms with Gasteiger partial charge < -0.3 is 14.2 Å². The highest BCUT2D eigenvalue weighted by atomic mass is 16.7. The summed E-state index contributed by atoms with van der Waals surface area (Å²) in [6, 6.07) is 0. The maximum atomic E-state index is 5.78. The third-order valence-corrected chi connectivity index (χ3v) is 3.91. The van der Waals surface area contributed by atoms with Crippen LogP contribution in [0.4, 0.5) is 0 Å². The number of hydrogen-bond acceptors (Lipinski definition) is 3. The molecule has 0 radical (unpaired) electrons. The van der Waals surface area contributed by atoms with E-state index in [2.05, 4.69) is 6.92 Å². The SMILES string of the molecule is C[C@H]1C[C@H](OCCCCCOC2CCCCO2)C1. The van der Waals surface area contributed by atoms with Crippen LogP contribution in [0.1, 0.15) is 58.3 Å². The van der Waals surface area contributed by atoms with Gasteiger partial charge in [0.25, 0.3) is 0 Å². The maximum Gasteiger partial charge on any atom is 0.157 e. The van der Waals surface area contributed by atoms with Gasteiger partial charge in [0.15, 0.2) is 6.29 Å². The van der Waals surface area contributed by atoms with E-state index >= 15 is 0 Å². The summed E-state index contributed by atoms with van der Waals surface area (Å²) in [5, 5.41) is 0. The van der Waals surface area contributed by atoms with Gasteiger partial charge in [-0.05, 0) is 57.3 Å². The van der Waals surface area contributed by atoms with Crippen molar-refractivity contribution in [1.29, 1.82) is 0 Å². The molecule has 0 aromatic rings. The molecule has 0 spiro atoms. The van der Waals surface area contributed by atoms with E-state index in [4.69, 9.17) is 14.2 Å². The molecule has 1 aliphatic carbocycles. The van der Waals surface area contributed by atoms with Crippen LogP contribution in [-0.4, -0.2) is 32.2 Å². The second-order valence-corrected chi connectivity index (χ2v) is 5.80. The van der Waals surface area contributed by atoms with Crippen molar-refractivity contribution >= 4 is 0 Å². The fraction of sp³-hybridized carbons (Fsp3) is 1.00. The van der Waals surface area contributed by atoms with Crippen LogP contribution in [-0.2, 0) is 14.2 Å². The third-order valence-electron chi connectivity index (χ3n) is 3.91. The molecule has 3 nitrogen and oxygen atoms in total. The Hall–Kier alpha value is -0.120. The van der Waals surface area contributed by atoms with Gasteiger partial charge in [-0.3, -0.25) is 0 Å². The molecule has 1 saturated carbocycles. The second-order valence-electron chi connectivity index (χ2n) is 5.80. The Morgan fingerprint density at radius 3 is 2.44 bits per heavy atom. The Balaban J connectivity index is 1.33. The molecule has 18 heavy (non-hydrogen) atoms. The highest BCUT2D eigenvalue weighted by Crippen LogP contribution is 2.29. The quantitative estimate of drug-likeness (QED) is 0.622. The van der Waals surface area contributed by atoms with Crippen molar-refractivity contribution in [2.45, 2.75) is 70.7 Å². The molecule has 2 rings (SSSR count). The Kier molecular flexibility index (Phi) is 6.46. The number of unbranched alkanes of at least 4 members (excludes halogenated alkanes) is 2. The van der Waals surface area contributed by atoms with Gasteiger partial charge in [-0.2, -0.15) is 0 Å². The lowest BCUT2D eigenvalue weighted by Gasteiger charge is -2.32. The number of hydrogen-bond donors (Lipinski definition) is 0. The zero-order chi connectivity index (χ0) is 12.6. The van der Waals surface area contributed by atoms with E-state index in [1.165, 1.54) is 38.5 Å². The van der Waals surface area contributed by atoms with Gasteiger partial charge in [-0.25, -0.2) is 0 Å². The van der Waals surface area contributed by atoms with E-state index in [1.54, 1.807) is 0 Å². The van der Waals surface area contributed by atoms with E-state index in [0.29, 0.717) is 6.10 Å². The minimum Gasteiger partial charge on any atom is -0.378 e. The first kappa shape index (κ1) is 14.3. The van der Waals surface area contributed by atoms with Crippen LogP contribution >= 0.6 is 0 Å². The summed E-state index contributed by atoms with van der Waals surface area (Å²) >= 11 is 0. The van der Waals surface area contributed by atoms with E-state index in [-0.39, 0.29) is 6.29 Å². The minimum atomic E-state index is 0.0754. The molecule has 0 amide bonds. The van der Waals surface area contributed by atoms with Crippen molar-refractivity contribution in [3.8, 4) is 0 Å². The molecule has 106 valence electrons. The summed E-state index contributed by atoms with van der Waals surface area (Å²) < 4.78 is 17.0. The summed E-state index contributed by atoms with van der Waals surface area (Å²) in [6.45, 7) is 4.94. The average Bonchev–Trinajstić information content (AvgIpc) is 2.36. The molecule has 1 aliphatic heterocycles. The van der Waals surface area contributed by atoms with Crippen LogP contribution in [0.5, 0.6) is 0 Å². The molecule has 0 N–H and O–H groups in total. The summed E-state index contributed by atoms with van der Waals surface area (Å²) in [5.74, 6) is 0.888. The Morgan fingerprint density at radius 1 is 1.00 bits per heavy atom. The van der Waals surface area contributed by atoms with Crippen molar-refractivity contribution in [2.24, 2.45) is 5.92 Å². The van der Waals surface area contributed by atoms with Crippen LogP contribution in [0.25, 0.3) is 0 Å². The molecule has 0 bridgehead atoms. The van der Waals surface area contributed by atoms with Crippen molar-refractivity contribution in [3.05, 3.63) is 0 Å². The van der Waals surface area contributed by atoms with Crippen LogP contribution in [0, 0.1) is 5.92 Å². The lowest BCUT2D eigenvalue weighted by atomic mass is 9.84. The monoisotopic (exact) mass is 256 g/mol.